The van der Waals surface area contributed by atoms with Gasteiger partial charge in [-0.25, -0.2) is 4.39 Å². The highest BCUT2D eigenvalue weighted by atomic mass is 19.1. The second-order valence-electron chi connectivity index (χ2n) is 12.4. The molecule has 10 heteroatoms. The molecule has 0 radical (unpaired) electrons. The van der Waals surface area contributed by atoms with Crippen LogP contribution in [-0.4, -0.2) is 51.3 Å². The third-order valence-corrected chi connectivity index (χ3v) is 9.07. The summed E-state index contributed by atoms with van der Waals surface area (Å²) in [6, 6.07) is 4.89. The summed E-state index contributed by atoms with van der Waals surface area (Å²) >= 11 is 0. The van der Waals surface area contributed by atoms with Crippen LogP contribution in [0.25, 0.3) is 0 Å². The highest BCUT2D eigenvalue weighted by Gasteiger charge is 2.48. The van der Waals surface area contributed by atoms with Gasteiger partial charge in [0, 0.05) is 12.2 Å². The van der Waals surface area contributed by atoms with Gasteiger partial charge in [0.2, 0.25) is 11.8 Å². The number of aliphatic hydroxyl groups excluding tert-OH is 1. The lowest BCUT2D eigenvalue weighted by atomic mass is 9.80. The summed E-state index contributed by atoms with van der Waals surface area (Å²) in [4.78, 5) is 39.8. The number of carbonyl (C=O) groups is 3. The standard InChI is InChI=1S/C31H42FN5O4/c1-17(2)37-26(13-14-33-37)30(40)36-28(27(20-7-8-20)21-9-10-21)31(41)34-24-12-11-22(15-23(24)32)18(3)29(39)35-25(16-38)19-5-4-6-19/h11-15,17-21,25,27-28,38H,4-10,16H2,1-3H3,(H,34,41)(H,35,39)(H,36,40)/t18-,25+,28-/m0/s1. The molecule has 5 rings (SSSR count). The Bertz CT molecular complexity index is 1250. The van der Waals surface area contributed by atoms with Gasteiger partial charge in [-0.1, -0.05) is 12.5 Å². The maximum atomic E-state index is 15.3. The van der Waals surface area contributed by atoms with Gasteiger partial charge in [0.05, 0.1) is 24.3 Å². The van der Waals surface area contributed by atoms with Gasteiger partial charge in [-0.15, -0.1) is 0 Å². The van der Waals surface area contributed by atoms with E-state index in [1.54, 1.807) is 29.9 Å². The van der Waals surface area contributed by atoms with Crippen LogP contribution in [0.2, 0.25) is 0 Å². The molecule has 3 aliphatic carbocycles. The summed E-state index contributed by atoms with van der Waals surface area (Å²) in [6.07, 6.45) is 8.70. The largest absolute Gasteiger partial charge is 0.394 e. The zero-order chi connectivity index (χ0) is 29.3. The molecule has 0 unspecified atom stereocenters. The first kappa shape index (κ1) is 29.2. The van der Waals surface area contributed by atoms with E-state index in [-0.39, 0.29) is 48.0 Å². The lowest BCUT2D eigenvalue weighted by Crippen LogP contribution is -2.50. The molecule has 1 aromatic carbocycles. The van der Waals surface area contributed by atoms with Crippen molar-refractivity contribution in [3.63, 3.8) is 0 Å². The number of hydrogen-bond acceptors (Lipinski definition) is 5. The van der Waals surface area contributed by atoms with Crippen LogP contribution in [0.4, 0.5) is 10.1 Å². The number of benzene rings is 1. The van der Waals surface area contributed by atoms with Gasteiger partial charge in [0.15, 0.2) is 0 Å². The first-order chi connectivity index (χ1) is 19.7. The molecule has 1 heterocycles. The lowest BCUT2D eigenvalue weighted by Gasteiger charge is -2.33. The van der Waals surface area contributed by atoms with Crippen molar-refractivity contribution in [1.82, 2.24) is 20.4 Å². The zero-order valence-corrected chi connectivity index (χ0v) is 24.1. The van der Waals surface area contributed by atoms with Gasteiger partial charge >= 0.3 is 0 Å². The Kier molecular flexibility index (Phi) is 8.77. The average Bonchev–Trinajstić information content (AvgIpc) is 3.86. The van der Waals surface area contributed by atoms with E-state index in [1.165, 1.54) is 12.1 Å². The minimum Gasteiger partial charge on any atom is -0.394 e. The van der Waals surface area contributed by atoms with Crippen molar-refractivity contribution < 1.29 is 23.9 Å². The molecule has 222 valence electrons. The Labute approximate surface area is 240 Å². The smallest absolute Gasteiger partial charge is 0.270 e. The van der Waals surface area contributed by atoms with Crippen molar-refractivity contribution in [1.29, 1.82) is 0 Å². The fraction of sp³-hybridized carbons (Fsp3) is 0.613. The topological polar surface area (TPSA) is 125 Å². The number of carbonyl (C=O) groups excluding carboxylic acids is 3. The van der Waals surface area contributed by atoms with Crippen LogP contribution < -0.4 is 16.0 Å². The molecule has 0 saturated heterocycles. The van der Waals surface area contributed by atoms with E-state index in [0.717, 1.165) is 44.9 Å². The third-order valence-electron chi connectivity index (χ3n) is 9.07. The van der Waals surface area contributed by atoms with Crippen molar-refractivity contribution >= 4 is 23.4 Å². The Morgan fingerprint density at radius 3 is 2.20 bits per heavy atom. The molecule has 0 bridgehead atoms. The molecule has 2 aromatic rings. The molecule has 3 fully saturated rings. The number of aliphatic hydroxyl groups is 1. The van der Waals surface area contributed by atoms with E-state index in [4.69, 9.17) is 0 Å². The van der Waals surface area contributed by atoms with Crippen LogP contribution in [0.15, 0.2) is 30.5 Å². The number of halogens is 1. The maximum Gasteiger partial charge on any atom is 0.270 e. The van der Waals surface area contributed by atoms with Crippen LogP contribution in [0.5, 0.6) is 0 Å². The zero-order valence-electron chi connectivity index (χ0n) is 24.1. The van der Waals surface area contributed by atoms with E-state index in [1.807, 2.05) is 13.8 Å². The SMILES string of the molecule is CC(C)n1nccc1C(=O)N[C@H](C(=O)Nc1ccc([C@H](C)C(=O)N[C@H](CO)C2CCC2)cc1F)C(C1CC1)C1CC1. The molecule has 41 heavy (non-hydrogen) atoms. The number of amides is 3. The highest BCUT2D eigenvalue weighted by Crippen LogP contribution is 2.51. The monoisotopic (exact) mass is 567 g/mol. The van der Waals surface area contributed by atoms with Gasteiger partial charge < -0.3 is 21.1 Å². The van der Waals surface area contributed by atoms with Gasteiger partial charge in [-0.2, -0.15) is 5.10 Å². The number of aromatic nitrogens is 2. The van der Waals surface area contributed by atoms with Crippen molar-refractivity contribution in [2.75, 3.05) is 11.9 Å². The number of nitrogens with one attached hydrogen (secondary N) is 3. The summed E-state index contributed by atoms with van der Waals surface area (Å²) in [6.45, 7) is 5.44. The summed E-state index contributed by atoms with van der Waals surface area (Å²) in [7, 11) is 0. The van der Waals surface area contributed by atoms with Gasteiger partial charge in [-0.3, -0.25) is 19.1 Å². The van der Waals surface area contributed by atoms with Crippen molar-refractivity contribution in [2.45, 2.75) is 89.8 Å². The second kappa shape index (κ2) is 12.3. The molecule has 1 aromatic heterocycles. The van der Waals surface area contributed by atoms with Crippen LogP contribution in [0, 0.1) is 29.5 Å². The number of rotatable bonds is 13. The predicted molar refractivity (Wildman–Crippen MR) is 153 cm³/mol. The Balaban J connectivity index is 1.29. The molecule has 0 aliphatic heterocycles. The molecule has 9 nitrogen and oxygen atoms in total. The molecule has 0 spiro atoms. The Morgan fingerprint density at radius 1 is 0.976 bits per heavy atom. The molecule has 3 aliphatic rings. The second-order valence-corrected chi connectivity index (χ2v) is 12.4. The first-order valence-electron chi connectivity index (χ1n) is 15.0. The van der Waals surface area contributed by atoms with E-state index in [0.29, 0.717) is 23.1 Å². The highest BCUT2D eigenvalue weighted by molar-refractivity contribution is 6.01. The molecule has 3 amide bonds. The van der Waals surface area contributed by atoms with Crippen molar-refractivity contribution in [3.05, 3.63) is 47.5 Å². The van der Waals surface area contributed by atoms with Crippen molar-refractivity contribution in [3.8, 4) is 0 Å². The summed E-state index contributed by atoms with van der Waals surface area (Å²) in [5, 5.41) is 22.5. The predicted octanol–water partition coefficient (Wildman–Crippen LogP) is 4.16. The number of nitrogens with zero attached hydrogens (tertiary/aromatic N) is 2. The molecular formula is C31H42FN5O4. The average molecular weight is 568 g/mol. The Hall–Kier alpha value is -3.27. The van der Waals surface area contributed by atoms with E-state index in [2.05, 4.69) is 21.0 Å². The van der Waals surface area contributed by atoms with Gasteiger partial charge in [0.1, 0.15) is 17.6 Å². The number of hydrogen-bond donors (Lipinski definition) is 4. The summed E-state index contributed by atoms with van der Waals surface area (Å²) < 4.78 is 16.9. The lowest BCUT2D eigenvalue weighted by molar-refractivity contribution is -0.124. The molecule has 3 atom stereocenters. The minimum absolute atomic E-state index is 0.00411. The van der Waals surface area contributed by atoms with E-state index in [9.17, 15) is 19.5 Å². The van der Waals surface area contributed by atoms with E-state index < -0.39 is 23.7 Å². The van der Waals surface area contributed by atoms with Crippen LogP contribution >= 0.6 is 0 Å². The molecule has 3 saturated carbocycles. The van der Waals surface area contributed by atoms with E-state index >= 15 is 4.39 Å². The first-order valence-corrected chi connectivity index (χ1v) is 15.0. The Morgan fingerprint density at radius 2 is 1.66 bits per heavy atom. The maximum absolute atomic E-state index is 15.3. The van der Waals surface area contributed by atoms with Gasteiger partial charge in [0.25, 0.3) is 5.91 Å². The van der Waals surface area contributed by atoms with Crippen LogP contribution in [-0.2, 0) is 9.59 Å². The quantitative estimate of drug-likeness (QED) is 0.289. The summed E-state index contributed by atoms with van der Waals surface area (Å²) in [5.41, 5.74) is 0.862. The molecule has 4 N–H and O–H groups in total. The third kappa shape index (κ3) is 6.63. The number of anilines is 1. The van der Waals surface area contributed by atoms with Crippen LogP contribution in [0.3, 0.4) is 0 Å². The van der Waals surface area contributed by atoms with Crippen LogP contribution in [0.1, 0.15) is 93.7 Å². The van der Waals surface area contributed by atoms with Crippen molar-refractivity contribution in [2.24, 2.45) is 23.7 Å². The normalized spacial score (nSPS) is 19.4. The fourth-order valence-corrected chi connectivity index (χ4v) is 6.08. The molecular weight excluding hydrogens is 525 g/mol. The minimum atomic E-state index is -0.802. The fourth-order valence-electron chi connectivity index (χ4n) is 6.08. The van der Waals surface area contributed by atoms with Gasteiger partial charge in [-0.05, 0) is 107 Å². The summed E-state index contributed by atoms with van der Waals surface area (Å²) in [5.74, 6) is -1.36.